The van der Waals surface area contributed by atoms with Crippen LogP contribution < -0.4 is 5.73 Å². The molecule has 1 aliphatic heterocycles. The van der Waals surface area contributed by atoms with Crippen LogP contribution in [0.4, 0.5) is 5.69 Å². The van der Waals surface area contributed by atoms with Crippen molar-refractivity contribution in [2.45, 2.75) is 32.4 Å². The third-order valence-electron chi connectivity index (χ3n) is 3.41. The zero-order valence-corrected chi connectivity index (χ0v) is 10.0. The Morgan fingerprint density at radius 1 is 1.41 bits per heavy atom. The number of fused-ring (bicyclic) bond motifs is 1. The number of aromatic nitrogens is 2. The van der Waals surface area contributed by atoms with Gasteiger partial charge in [-0.3, -0.25) is 0 Å². The van der Waals surface area contributed by atoms with Crippen LogP contribution in [0.15, 0.2) is 18.3 Å². The molecule has 1 atom stereocenters. The number of nitrogen functional groups attached to an aromatic ring is 1. The molecular formula is C13H17N3O. The Balaban J connectivity index is 2.07. The van der Waals surface area contributed by atoms with E-state index in [1.165, 1.54) is 6.42 Å². The maximum atomic E-state index is 5.91. The molecule has 1 aliphatic rings. The molecule has 4 heteroatoms. The molecule has 0 bridgehead atoms. The molecule has 0 radical (unpaired) electrons. The molecule has 1 fully saturated rings. The highest BCUT2D eigenvalue weighted by molar-refractivity contribution is 5.83. The van der Waals surface area contributed by atoms with E-state index < -0.39 is 0 Å². The Morgan fingerprint density at radius 2 is 2.29 bits per heavy atom. The second kappa shape index (κ2) is 4.04. The molecule has 0 saturated carbocycles. The lowest BCUT2D eigenvalue weighted by Gasteiger charge is -2.23. The number of ether oxygens (including phenoxy) is 1. The zero-order chi connectivity index (χ0) is 11.8. The molecule has 2 N–H and O–H groups in total. The Kier molecular flexibility index (Phi) is 2.52. The molecular weight excluding hydrogens is 214 g/mol. The van der Waals surface area contributed by atoms with E-state index in [1.54, 1.807) is 0 Å². The molecule has 1 saturated heterocycles. The minimum atomic E-state index is 0.0873. The maximum absolute atomic E-state index is 5.91. The van der Waals surface area contributed by atoms with E-state index in [0.29, 0.717) is 0 Å². The highest BCUT2D eigenvalue weighted by Crippen LogP contribution is 2.28. The number of nitrogens with two attached hydrogens (primary N) is 1. The second-order valence-electron chi connectivity index (χ2n) is 4.68. The van der Waals surface area contributed by atoms with Gasteiger partial charge in [0.15, 0.2) is 6.23 Å². The Morgan fingerprint density at radius 3 is 3.06 bits per heavy atom. The van der Waals surface area contributed by atoms with Gasteiger partial charge in [-0.25, -0.2) is 4.68 Å². The molecule has 2 heterocycles. The van der Waals surface area contributed by atoms with Crippen LogP contribution in [0.1, 0.15) is 31.1 Å². The first-order chi connectivity index (χ1) is 8.25. The van der Waals surface area contributed by atoms with Gasteiger partial charge in [0.1, 0.15) is 0 Å². The predicted octanol–water partition coefficient (Wildman–Crippen LogP) is 2.63. The Hall–Kier alpha value is -1.55. The fourth-order valence-corrected chi connectivity index (χ4v) is 2.36. The van der Waals surface area contributed by atoms with Crippen LogP contribution in [0.25, 0.3) is 10.9 Å². The minimum absolute atomic E-state index is 0.0873. The maximum Gasteiger partial charge on any atom is 0.150 e. The van der Waals surface area contributed by atoms with Gasteiger partial charge in [0.2, 0.25) is 0 Å². The Bertz CT molecular complexity index is 541. The van der Waals surface area contributed by atoms with Gasteiger partial charge < -0.3 is 10.5 Å². The molecule has 0 amide bonds. The van der Waals surface area contributed by atoms with Crippen molar-refractivity contribution in [3.8, 4) is 0 Å². The fraction of sp³-hybridized carbons (Fsp3) is 0.462. The molecule has 4 nitrogen and oxygen atoms in total. The van der Waals surface area contributed by atoms with Crippen molar-refractivity contribution < 1.29 is 4.74 Å². The lowest BCUT2D eigenvalue weighted by molar-refractivity contribution is -0.0366. The van der Waals surface area contributed by atoms with E-state index in [-0.39, 0.29) is 6.23 Å². The molecule has 2 aromatic rings. The monoisotopic (exact) mass is 231 g/mol. The van der Waals surface area contributed by atoms with Crippen LogP contribution in [-0.2, 0) is 4.74 Å². The lowest BCUT2D eigenvalue weighted by atomic mass is 10.1. The van der Waals surface area contributed by atoms with Crippen LogP contribution in [0.3, 0.4) is 0 Å². The number of rotatable bonds is 1. The van der Waals surface area contributed by atoms with Gasteiger partial charge in [-0.15, -0.1) is 0 Å². The SMILES string of the molecule is Cc1cc2c(cnn2C2CCCCO2)cc1N. The van der Waals surface area contributed by atoms with E-state index in [0.717, 1.165) is 41.6 Å². The quantitative estimate of drug-likeness (QED) is 0.767. The average Bonchev–Trinajstić information content (AvgIpc) is 2.74. The van der Waals surface area contributed by atoms with Crippen molar-refractivity contribution in [2.24, 2.45) is 0 Å². The summed E-state index contributed by atoms with van der Waals surface area (Å²) in [6.45, 7) is 2.85. The smallest absolute Gasteiger partial charge is 0.150 e. The van der Waals surface area contributed by atoms with Crippen molar-refractivity contribution in [1.82, 2.24) is 9.78 Å². The van der Waals surface area contributed by atoms with Crippen molar-refractivity contribution in [2.75, 3.05) is 12.3 Å². The minimum Gasteiger partial charge on any atom is -0.398 e. The van der Waals surface area contributed by atoms with Crippen LogP contribution in [0, 0.1) is 6.92 Å². The summed E-state index contributed by atoms with van der Waals surface area (Å²) < 4.78 is 7.76. The van der Waals surface area contributed by atoms with Crippen LogP contribution in [0.2, 0.25) is 0 Å². The molecule has 0 aliphatic carbocycles. The first kappa shape index (κ1) is 10.6. The van der Waals surface area contributed by atoms with E-state index in [9.17, 15) is 0 Å². The van der Waals surface area contributed by atoms with Gasteiger partial charge in [-0.1, -0.05) is 0 Å². The third-order valence-corrected chi connectivity index (χ3v) is 3.41. The molecule has 17 heavy (non-hydrogen) atoms. The molecule has 1 unspecified atom stereocenters. The predicted molar refractivity (Wildman–Crippen MR) is 67.7 cm³/mol. The second-order valence-corrected chi connectivity index (χ2v) is 4.68. The van der Waals surface area contributed by atoms with E-state index >= 15 is 0 Å². The van der Waals surface area contributed by atoms with Crippen molar-refractivity contribution >= 4 is 16.6 Å². The van der Waals surface area contributed by atoms with Gasteiger partial charge in [0.05, 0.1) is 11.7 Å². The number of hydrogen-bond donors (Lipinski definition) is 1. The van der Waals surface area contributed by atoms with E-state index in [1.807, 2.05) is 23.9 Å². The van der Waals surface area contributed by atoms with Gasteiger partial charge in [-0.05, 0) is 43.9 Å². The van der Waals surface area contributed by atoms with Gasteiger partial charge in [0.25, 0.3) is 0 Å². The molecule has 90 valence electrons. The summed E-state index contributed by atoms with van der Waals surface area (Å²) in [4.78, 5) is 0. The molecule has 1 aromatic carbocycles. The summed E-state index contributed by atoms with van der Waals surface area (Å²) in [5, 5.41) is 5.52. The third kappa shape index (κ3) is 1.78. The first-order valence-electron chi connectivity index (χ1n) is 6.10. The van der Waals surface area contributed by atoms with Gasteiger partial charge in [0, 0.05) is 17.7 Å². The number of hydrogen-bond acceptors (Lipinski definition) is 3. The van der Waals surface area contributed by atoms with Gasteiger partial charge in [-0.2, -0.15) is 5.10 Å². The van der Waals surface area contributed by atoms with Crippen LogP contribution in [0.5, 0.6) is 0 Å². The number of nitrogens with zero attached hydrogens (tertiary/aromatic N) is 2. The summed E-state index contributed by atoms with van der Waals surface area (Å²) in [6, 6.07) is 4.08. The van der Waals surface area contributed by atoms with E-state index in [4.69, 9.17) is 10.5 Å². The molecule has 0 spiro atoms. The average molecular weight is 231 g/mol. The number of aryl methyl sites for hydroxylation is 1. The zero-order valence-electron chi connectivity index (χ0n) is 10.0. The number of benzene rings is 1. The highest BCUT2D eigenvalue weighted by atomic mass is 16.5. The number of anilines is 1. The summed E-state index contributed by atoms with van der Waals surface area (Å²) in [7, 11) is 0. The normalized spacial score (nSPS) is 20.9. The highest BCUT2D eigenvalue weighted by Gasteiger charge is 2.18. The Labute approximate surface area is 100 Å². The summed E-state index contributed by atoms with van der Waals surface area (Å²) in [5.74, 6) is 0. The molecule has 3 rings (SSSR count). The van der Waals surface area contributed by atoms with Crippen molar-refractivity contribution in [1.29, 1.82) is 0 Å². The van der Waals surface area contributed by atoms with Crippen molar-refractivity contribution in [3.05, 3.63) is 23.9 Å². The lowest BCUT2D eigenvalue weighted by Crippen LogP contribution is -2.18. The summed E-state index contributed by atoms with van der Waals surface area (Å²) >= 11 is 0. The first-order valence-corrected chi connectivity index (χ1v) is 6.10. The molecule has 1 aromatic heterocycles. The fourth-order valence-electron chi connectivity index (χ4n) is 2.36. The van der Waals surface area contributed by atoms with Crippen LogP contribution >= 0.6 is 0 Å². The largest absolute Gasteiger partial charge is 0.398 e. The van der Waals surface area contributed by atoms with Crippen molar-refractivity contribution in [3.63, 3.8) is 0 Å². The van der Waals surface area contributed by atoms with Gasteiger partial charge >= 0.3 is 0 Å². The van der Waals surface area contributed by atoms with E-state index in [2.05, 4.69) is 11.2 Å². The summed E-state index contributed by atoms with van der Waals surface area (Å²) in [6.07, 6.45) is 5.36. The van der Waals surface area contributed by atoms with Crippen LogP contribution in [-0.4, -0.2) is 16.4 Å². The standard InChI is InChI=1S/C13H17N3O/c1-9-6-12-10(7-11(9)14)8-15-16(12)13-4-2-3-5-17-13/h6-8,13H,2-5,14H2,1H3. The summed E-state index contributed by atoms with van der Waals surface area (Å²) in [5.41, 5.74) is 8.93. The topological polar surface area (TPSA) is 53.1 Å².